The molecule has 0 bridgehead atoms. The van der Waals surface area contributed by atoms with Gasteiger partial charge in [-0.15, -0.1) is 0 Å². The molecular weight excluding hydrogens is 344 g/mol. The van der Waals surface area contributed by atoms with Crippen LogP contribution in [0.15, 0.2) is 47.0 Å². The van der Waals surface area contributed by atoms with Gasteiger partial charge in [0.1, 0.15) is 12.4 Å². The zero-order valence-corrected chi connectivity index (χ0v) is 15.8. The maximum atomic E-state index is 12.8. The van der Waals surface area contributed by atoms with E-state index in [9.17, 15) is 4.79 Å². The number of nitrogens with zero attached hydrogens (tertiary/aromatic N) is 1. The molecular formula is C21H22N2O4. The van der Waals surface area contributed by atoms with Gasteiger partial charge in [0.2, 0.25) is 0 Å². The van der Waals surface area contributed by atoms with Gasteiger partial charge in [-0.1, -0.05) is 35.5 Å². The number of hydrogen-bond donors (Lipinski definition) is 1. The molecule has 3 aromatic rings. The van der Waals surface area contributed by atoms with E-state index in [0.717, 1.165) is 16.8 Å². The van der Waals surface area contributed by atoms with Crippen molar-refractivity contribution < 1.29 is 18.8 Å². The van der Waals surface area contributed by atoms with E-state index in [1.165, 1.54) is 0 Å². The summed E-state index contributed by atoms with van der Waals surface area (Å²) in [5.41, 5.74) is 3.56. The van der Waals surface area contributed by atoms with Crippen molar-refractivity contribution in [1.29, 1.82) is 0 Å². The third-order valence-corrected chi connectivity index (χ3v) is 4.36. The van der Waals surface area contributed by atoms with Gasteiger partial charge >= 0.3 is 0 Å². The highest BCUT2D eigenvalue weighted by atomic mass is 16.5. The molecule has 1 amide bonds. The fourth-order valence-corrected chi connectivity index (χ4v) is 2.81. The standard InChI is InChI=1S/C21H22N2O4/c1-13-8-7-9-14(2)19(13)22-21(24)20-16(15(3)27-23-20)12-26-18-11-6-5-10-17(18)25-4/h5-11H,12H2,1-4H3,(H,22,24). The van der Waals surface area contributed by atoms with Gasteiger partial charge in [-0.2, -0.15) is 0 Å². The maximum absolute atomic E-state index is 12.8. The quantitative estimate of drug-likeness (QED) is 0.698. The van der Waals surface area contributed by atoms with E-state index in [-0.39, 0.29) is 18.2 Å². The molecule has 1 aromatic heterocycles. The number of carbonyl (C=O) groups excluding carboxylic acids is 1. The molecule has 1 N–H and O–H groups in total. The van der Waals surface area contributed by atoms with Crippen molar-refractivity contribution in [2.24, 2.45) is 0 Å². The molecule has 0 saturated heterocycles. The second-order valence-corrected chi connectivity index (χ2v) is 6.23. The first-order chi connectivity index (χ1) is 13.0. The first kappa shape index (κ1) is 18.5. The van der Waals surface area contributed by atoms with E-state index in [4.69, 9.17) is 14.0 Å². The van der Waals surface area contributed by atoms with Crippen molar-refractivity contribution in [1.82, 2.24) is 5.16 Å². The second kappa shape index (κ2) is 7.95. The van der Waals surface area contributed by atoms with E-state index in [1.807, 2.05) is 50.2 Å². The number of para-hydroxylation sites is 3. The Morgan fingerprint density at radius 2 is 1.70 bits per heavy atom. The summed E-state index contributed by atoms with van der Waals surface area (Å²) in [4.78, 5) is 12.8. The number of nitrogens with one attached hydrogen (secondary N) is 1. The summed E-state index contributed by atoms with van der Waals surface area (Å²) < 4.78 is 16.4. The lowest BCUT2D eigenvalue weighted by Crippen LogP contribution is -2.17. The fourth-order valence-electron chi connectivity index (χ4n) is 2.81. The molecule has 0 saturated carbocycles. The lowest BCUT2D eigenvalue weighted by Gasteiger charge is -2.12. The molecule has 0 aliphatic carbocycles. The summed E-state index contributed by atoms with van der Waals surface area (Å²) in [6.07, 6.45) is 0. The molecule has 0 fully saturated rings. The van der Waals surface area contributed by atoms with Gasteiger partial charge in [-0.3, -0.25) is 4.79 Å². The smallest absolute Gasteiger partial charge is 0.278 e. The van der Waals surface area contributed by atoms with E-state index >= 15 is 0 Å². The number of methoxy groups -OCH3 is 1. The molecule has 3 rings (SSSR count). The highest BCUT2D eigenvalue weighted by Gasteiger charge is 2.22. The Morgan fingerprint density at radius 3 is 2.37 bits per heavy atom. The number of benzene rings is 2. The SMILES string of the molecule is COc1ccccc1OCc1c(C(=O)Nc2c(C)cccc2C)noc1C. The normalized spacial score (nSPS) is 10.5. The Morgan fingerprint density at radius 1 is 1.04 bits per heavy atom. The van der Waals surface area contributed by atoms with Gasteiger partial charge in [0, 0.05) is 5.69 Å². The number of rotatable bonds is 6. The second-order valence-electron chi connectivity index (χ2n) is 6.23. The Bertz CT molecular complexity index is 942. The molecule has 0 aliphatic rings. The van der Waals surface area contributed by atoms with Crippen LogP contribution >= 0.6 is 0 Å². The molecule has 0 spiro atoms. The van der Waals surface area contributed by atoms with Crippen molar-refractivity contribution in [3.8, 4) is 11.5 Å². The van der Waals surface area contributed by atoms with Crippen molar-refractivity contribution in [2.45, 2.75) is 27.4 Å². The molecule has 27 heavy (non-hydrogen) atoms. The first-order valence-corrected chi connectivity index (χ1v) is 8.59. The van der Waals surface area contributed by atoms with Gasteiger partial charge in [0.15, 0.2) is 17.2 Å². The summed E-state index contributed by atoms with van der Waals surface area (Å²) in [7, 11) is 1.58. The Hall–Kier alpha value is -3.28. The van der Waals surface area contributed by atoms with Crippen LogP contribution in [0.2, 0.25) is 0 Å². The minimum atomic E-state index is -0.331. The predicted octanol–water partition coefficient (Wildman–Crippen LogP) is 4.44. The van der Waals surface area contributed by atoms with E-state index < -0.39 is 0 Å². The van der Waals surface area contributed by atoms with Gasteiger partial charge in [-0.05, 0) is 44.0 Å². The lowest BCUT2D eigenvalue weighted by molar-refractivity contribution is 0.101. The van der Waals surface area contributed by atoms with E-state index in [0.29, 0.717) is 22.8 Å². The van der Waals surface area contributed by atoms with Crippen LogP contribution in [0.5, 0.6) is 11.5 Å². The third kappa shape index (κ3) is 3.95. The first-order valence-electron chi connectivity index (χ1n) is 8.59. The third-order valence-electron chi connectivity index (χ3n) is 4.36. The van der Waals surface area contributed by atoms with Gasteiger partial charge in [0.05, 0.1) is 12.7 Å². The molecule has 6 heteroatoms. The molecule has 1 heterocycles. The van der Waals surface area contributed by atoms with Crippen LogP contribution in [0.1, 0.15) is 32.9 Å². The van der Waals surface area contributed by atoms with Crippen molar-refractivity contribution >= 4 is 11.6 Å². The topological polar surface area (TPSA) is 73.6 Å². The van der Waals surface area contributed by atoms with Crippen LogP contribution < -0.4 is 14.8 Å². The van der Waals surface area contributed by atoms with Crippen LogP contribution in [0.25, 0.3) is 0 Å². The average Bonchev–Trinajstić information content (AvgIpc) is 3.04. The van der Waals surface area contributed by atoms with E-state index in [1.54, 1.807) is 20.1 Å². The highest BCUT2D eigenvalue weighted by molar-refractivity contribution is 6.04. The molecule has 0 aliphatic heterocycles. The highest BCUT2D eigenvalue weighted by Crippen LogP contribution is 2.28. The number of anilines is 1. The van der Waals surface area contributed by atoms with Gasteiger partial charge in [0.25, 0.3) is 5.91 Å². The molecule has 0 radical (unpaired) electrons. The maximum Gasteiger partial charge on any atom is 0.278 e. The number of ether oxygens (including phenoxy) is 2. The number of carbonyl (C=O) groups is 1. The zero-order valence-electron chi connectivity index (χ0n) is 15.8. The van der Waals surface area contributed by atoms with Crippen molar-refractivity contribution in [3.05, 3.63) is 70.6 Å². The summed E-state index contributed by atoms with van der Waals surface area (Å²) in [5, 5.41) is 6.86. The van der Waals surface area contributed by atoms with Crippen LogP contribution in [0, 0.1) is 20.8 Å². The number of aryl methyl sites for hydroxylation is 3. The summed E-state index contributed by atoms with van der Waals surface area (Å²) in [6.45, 7) is 5.79. The minimum absolute atomic E-state index is 0.144. The molecule has 0 unspecified atom stereocenters. The monoisotopic (exact) mass is 366 g/mol. The minimum Gasteiger partial charge on any atom is -0.493 e. The Balaban J connectivity index is 1.81. The van der Waals surface area contributed by atoms with Crippen LogP contribution in [0.3, 0.4) is 0 Å². The summed E-state index contributed by atoms with van der Waals surface area (Å²) >= 11 is 0. The summed E-state index contributed by atoms with van der Waals surface area (Å²) in [5.74, 6) is 1.41. The number of amides is 1. The van der Waals surface area contributed by atoms with Crippen LogP contribution in [0.4, 0.5) is 5.69 Å². The molecule has 140 valence electrons. The predicted molar refractivity (Wildman–Crippen MR) is 102 cm³/mol. The van der Waals surface area contributed by atoms with Crippen LogP contribution in [-0.2, 0) is 6.61 Å². The van der Waals surface area contributed by atoms with Gasteiger partial charge < -0.3 is 19.3 Å². The lowest BCUT2D eigenvalue weighted by atomic mass is 10.1. The van der Waals surface area contributed by atoms with Crippen molar-refractivity contribution in [2.75, 3.05) is 12.4 Å². The van der Waals surface area contributed by atoms with E-state index in [2.05, 4.69) is 10.5 Å². The largest absolute Gasteiger partial charge is 0.493 e. The Labute approximate surface area is 158 Å². The molecule has 6 nitrogen and oxygen atoms in total. The molecule has 0 atom stereocenters. The molecule has 2 aromatic carbocycles. The number of hydrogen-bond acceptors (Lipinski definition) is 5. The number of aromatic nitrogens is 1. The Kier molecular flexibility index (Phi) is 5.45. The van der Waals surface area contributed by atoms with Crippen molar-refractivity contribution in [3.63, 3.8) is 0 Å². The fraction of sp³-hybridized carbons (Fsp3) is 0.238. The average molecular weight is 366 g/mol. The van der Waals surface area contributed by atoms with Gasteiger partial charge in [-0.25, -0.2) is 0 Å². The summed E-state index contributed by atoms with van der Waals surface area (Å²) in [6, 6.07) is 13.2. The zero-order chi connectivity index (χ0) is 19.4. The van der Waals surface area contributed by atoms with Crippen LogP contribution in [-0.4, -0.2) is 18.2 Å².